The lowest BCUT2D eigenvalue weighted by atomic mass is 10.2. The molecule has 2 heterocycles. The van der Waals surface area contributed by atoms with Crippen molar-refractivity contribution in [2.24, 2.45) is 0 Å². The van der Waals surface area contributed by atoms with Crippen molar-refractivity contribution in [2.75, 3.05) is 0 Å². The van der Waals surface area contributed by atoms with E-state index < -0.39 is 30.0 Å². The van der Waals surface area contributed by atoms with Crippen LogP contribution in [0.4, 0.5) is 26.3 Å². The zero-order chi connectivity index (χ0) is 22.7. The molecule has 164 valence electrons. The van der Waals surface area contributed by atoms with Crippen molar-refractivity contribution < 1.29 is 41.4 Å². The molecule has 0 radical (unpaired) electrons. The second-order valence-corrected chi connectivity index (χ2v) is 7.23. The van der Waals surface area contributed by atoms with E-state index in [0.29, 0.717) is 28.2 Å². The first-order valence-electron chi connectivity index (χ1n) is 8.22. The molecule has 1 atom stereocenters. The van der Waals surface area contributed by atoms with E-state index in [9.17, 15) is 31.4 Å². The minimum Gasteiger partial charge on any atom is -0.475 e. The lowest BCUT2D eigenvalue weighted by molar-refractivity contribution is -0.192. The van der Waals surface area contributed by atoms with Gasteiger partial charge in [0.25, 0.3) is 0 Å². The first-order chi connectivity index (χ1) is 13.8. The summed E-state index contributed by atoms with van der Waals surface area (Å²) in [6.07, 6.45) is -6.15. The number of nitrogens with zero attached hydrogens (tertiary/aromatic N) is 3. The molecule has 3 aromatic rings. The molecule has 0 aliphatic rings. The summed E-state index contributed by atoms with van der Waals surface area (Å²) >= 11 is 1.35. The normalized spacial score (nSPS) is 13.1. The Kier molecular flexibility index (Phi) is 7.08. The van der Waals surface area contributed by atoms with Crippen LogP contribution in [0.15, 0.2) is 30.6 Å². The van der Waals surface area contributed by atoms with Gasteiger partial charge in [0.2, 0.25) is 0 Å². The monoisotopic (exact) mass is 455 g/mol. The highest BCUT2D eigenvalue weighted by Gasteiger charge is 2.38. The van der Waals surface area contributed by atoms with Gasteiger partial charge in [-0.25, -0.2) is 14.8 Å². The highest BCUT2D eigenvalue weighted by atomic mass is 32.1. The van der Waals surface area contributed by atoms with Crippen molar-refractivity contribution in [3.63, 3.8) is 0 Å². The standard InChI is InChI=1S/C15H14F3N3OS.C2HF3O2/c1-9(22)6-13-19-4-5-21(13)8-14-20-11-7-10(15(16,17)18)2-3-12(11)23-14;3-2(4,5)1(6)7/h2-5,7,9,22H,6,8H2,1H3;(H,6,7). The highest BCUT2D eigenvalue weighted by molar-refractivity contribution is 7.18. The summed E-state index contributed by atoms with van der Waals surface area (Å²) in [5, 5.41) is 17.3. The molecule has 1 aromatic carbocycles. The predicted octanol–water partition coefficient (Wildman–Crippen LogP) is 4.12. The van der Waals surface area contributed by atoms with Crippen LogP contribution in [-0.4, -0.2) is 43.0 Å². The number of hydrogen-bond donors (Lipinski definition) is 2. The van der Waals surface area contributed by atoms with E-state index in [1.165, 1.54) is 17.4 Å². The minimum absolute atomic E-state index is 0.344. The van der Waals surface area contributed by atoms with E-state index in [1.54, 1.807) is 19.3 Å². The Morgan fingerprint density at radius 2 is 1.87 bits per heavy atom. The second kappa shape index (κ2) is 9.00. The lowest BCUT2D eigenvalue weighted by Crippen LogP contribution is -2.21. The molecular formula is C17H15F6N3O3S. The molecule has 6 nitrogen and oxygen atoms in total. The zero-order valence-corrected chi connectivity index (χ0v) is 16.0. The number of aromatic nitrogens is 3. The number of rotatable bonds is 4. The summed E-state index contributed by atoms with van der Waals surface area (Å²) in [5.74, 6) is -2.04. The Labute approximate surface area is 169 Å². The summed E-state index contributed by atoms with van der Waals surface area (Å²) in [6, 6.07) is 3.59. The van der Waals surface area contributed by atoms with Crippen molar-refractivity contribution in [2.45, 2.75) is 38.3 Å². The highest BCUT2D eigenvalue weighted by Crippen LogP contribution is 2.33. The van der Waals surface area contributed by atoms with Gasteiger partial charge in [0.15, 0.2) is 0 Å². The quantitative estimate of drug-likeness (QED) is 0.578. The van der Waals surface area contributed by atoms with E-state index in [0.717, 1.165) is 18.0 Å². The van der Waals surface area contributed by atoms with Gasteiger partial charge in [0.05, 0.1) is 28.4 Å². The Hall–Kier alpha value is -2.67. The van der Waals surface area contributed by atoms with Crippen molar-refractivity contribution in [1.82, 2.24) is 14.5 Å². The first-order valence-corrected chi connectivity index (χ1v) is 9.04. The molecular weight excluding hydrogens is 440 g/mol. The summed E-state index contributed by atoms with van der Waals surface area (Å²) in [5.41, 5.74) is -0.351. The number of hydrogen-bond acceptors (Lipinski definition) is 5. The van der Waals surface area contributed by atoms with Crippen LogP contribution in [0.5, 0.6) is 0 Å². The number of aliphatic hydroxyl groups is 1. The van der Waals surface area contributed by atoms with Crippen molar-refractivity contribution in [3.05, 3.63) is 47.0 Å². The largest absolute Gasteiger partial charge is 0.490 e. The lowest BCUT2D eigenvalue weighted by Gasteiger charge is -2.07. The van der Waals surface area contributed by atoms with Crippen LogP contribution in [0.3, 0.4) is 0 Å². The third kappa shape index (κ3) is 6.42. The molecule has 0 fully saturated rings. The number of benzene rings is 1. The third-order valence-electron chi connectivity index (χ3n) is 3.59. The van der Waals surface area contributed by atoms with Crippen LogP contribution in [0.2, 0.25) is 0 Å². The summed E-state index contributed by atoms with van der Waals surface area (Å²) < 4.78 is 72.5. The van der Waals surface area contributed by atoms with Crippen molar-refractivity contribution >= 4 is 27.5 Å². The van der Waals surface area contributed by atoms with Crippen molar-refractivity contribution in [3.8, 4) is 0 Å². The number of thiazole rings is 1. The molecule has 13 heteroatoms. The molecule has 0 aliphatic heterocycles. The van der Waals surface area contributed by atoms with Gasteiger partial charge in [0, 0.05) is 18.8 Å². The fraction of sp³-hybridized carbons (Fsp3) is 0.353. The number of aliphatic carboxylic acids is 1. The van der Waals surface area contributed by atoms with Crippen LogP contribution in [0, 0.1) is 0 Å². The fourth-order valence-electron chi connectivity index (χ4n) is 2.30. The molecule has 0 bridgehead atoms. The maximum Gasteiger partial charge on any atom is 0.490 e. The summed E-state index contributed by atoms with van der Waals surface area (Å²) in [6.45, 7) is 2.10. The van der Waals surface area contributed by atoms with Crippen LogP contribution in [-0.2, 0) is 23.9 Å². The number of carboxylic acid groups (broad SMARTS) is 1. The molecule has 30 heavy (non-hydrogen) atoms. The molecule has 0 aliphatic carbocycles. The topological polar surface area (TPSA) is 88.2 Å². The molecule has 2 N–H and O–H groups in total. The fourth-order valence-corrected chi connectivity index (χ4v) is 3.25. The van der Waals surface area contributed by atoms with Crippen molar-refractivity contribution in [1.29, 1.82) is 0 Å². The first kappa shape index (κ1) is 23.6. The third-order valence-corrected chi connectivity index (χ3v) is 4.61. The van der Waals surface area contributed by atoms with Gasteiger partial charge in [-0.1, -0.05) is 0 Å². The number of fused-ring (bicyclic) bond motifs is 1. The minimum atomic E-state index is -5.08. The van der Waals surface area contributed by atoms with E-state index >= 15 is 0 Å². The van der Waals surface area contributed by atoms with Gasteiger partial charge in [-0.15, -0.1) is 11.3 Å². The van der Waals surface area contributed by atoms with Gasteiger partial charge >= 0.3 is 18.3 Å². The summed E-state index contributed by atoms with van der Waals surface area (Å²) in [4.78, 5) is 17.4. The van der Waals surface area contributed by atoms with Gasteiger partial charge in [-0.3, -0.25) is 0 Å². The Morgan fingerprint density at radius 1 is 1.23 bits per heavy atom. The number of alkyl halides is 6. The molecule has 0 saturated heterocycles. The van der Waals surface area contributed by atoms with E-state index in [2.05, 4.69) is 9.97 Å². The van der Waals surface area contributed by atoms with Gasteiger partial charge in [-0.2, -0.15) is 26.3 Å². The van der Waals surface area contributed by atoms with Gasteiger partial charge in [-0.05, 0) is 25.1 Å². The summed E-state index contributed by atoms with van der Waals surface area (Å²) in [7, 11) is 0. The Balaban J connectivity index is 0.000000396. The second-order valence-electron chi connectivity index (χ2n) is 6.12. The van der Waals surface area contributed by atoms with Crippen LogP contribution < -0.4 is 0 Å². The number of carbonyl (C=O) groups is 1. The smallest absolute Gasteiger partial charge is 0.475 e. The van der Waals surface area contributed by atoms with E-state index in [4.69, 9.17) is 9.90 Å². The molecule has 2 aromatic heterocycles. The van der Waals surface area contributed by atoms with Crippen LogP contribution >= 0.6 is 11.3 Å². The van der Waals surface area contributed by atoms with Gasteiger partial charge in [0.1, 0.15) is 10.8 Å². The van der Waals surface area contributed by atoms with Crippen LogP contribution in [0.25, 0.3) is 10.2 Å². The van der Waals surface area contributed by atoms with Crippen LogP contribution in [0.1, 0.15) is 23.3 Å². The molecule has 0 amide bonds. The number of imidazole rings is 1. The van der Waals surface area contributed by atoms with E-state index in [1.807, 2.05) is 4.57 Å². The predicted molar refractivity (Wildman–Crippen MR) is 95.0 cm³/mol. The maximum absolute atomic E-state index is 12.7. The number of aliphatic hydroxyl groups excluding tert-OH is 1. The number of carboxylic acids is 1. The maximum atomic E-state index is 12.7. The molecule has 0 spiro atoms. The Bertz CT molecular complexity index is 1010. The zero-order valence-electron chi connectivity index (χ0n) is 15.2. The number of halogens is 6. The van der Waals surface area contributed by atoms with Gasteiger partial charge < -0.3 is 14.8 Å². The average Bonchev–Trinajstić information content (AvgIpc) is 3.19. The Morgan fingerprint density at radius 3 is 2.40 bits per heavy atom. The SMILES string of the molecule is CC(O)Cc1nccn1Cc1nc2cc(C(F)(F)F)ccc2s1.O=C(O)C(F)(F)F. The molecule has 1 unspecified atom stereocenters. The molecule has 0 saturated carbocycles. The molecule has 3 rings (SSSR count). The average molecular weight is 455 g/mol. The van der Waals surface area contributed by atoms with E-state index in [-0.39, 0.29) is 0 Å².